The minimum atomic E-state index is -1.26. The van der Waals surface area contributed by atoms with Crippen molar-refractivity contribution < 1.29 is 37.2 Å². The second-order valence-corrected chi connectivity index (χ2v) is 3.50. The average Bonchev–Trinajstić information content (AvgIpc) is 2.93. The summed E-state index contributed by atoms with van der Waals surface area (Å²) in [7, 11) is -2.52. The Morgan fingerprint density at radius 3 is 1.24 bits per heavy atom. The first-order valence-corrected chi connectivity index (χ1v) is 5.04. The molecule has 0 heterocycles. The van der Waals surface area contributed by atoms with E-state index in [-0.39, 0.29) is 17.1 Å². The van der Waals surface area contributed by atoms with Gasteiger partial charge in [0, 0.05) is 17.1 Å². The Morgan fingerprint density at radius 2 is 1.12 bits per heavy atom. The molecule has 17 heavy (non-hydrogen) atoms. The molecular formula is C10H14B2FeO4. The van der Waals surface area contributed by atoms with Crippen LogP contribution in [-0.2, 0) is 17.1 Å². The number of rotatable bonds is 2. The molecule has 0 saturated carbocycles. The van der Waals surface area contributed by atoms with Crippen LogP contribution in [0.15, 0.2) is 47.4 Å². The molecule has 0 atom stereocenters. The number of hydrogen-bond donors (Lipinski definition) is 4. The topological polar surface area (TPSA) is 80.9 Å². The maximum absolute atomic E-state index is 8.50. The third kappa shape index (κ3) is 6.07. The van der Waals surface area contributed by atoms with E-state index in [1.165, 1.54) is 0 Å². The zero-order valence-electron chi connectivity index (χ0n) is 9.18. The molecule has 0 aromatic rings. The van der Waals surface area contributed by atoms with E-state index in [4.69, 9.17) is 20.1 Å². The Morgan fingerprint density at radius 1 is 0.765 bits per heavy atom. The maximum Gasteiger partial charge on any atom is 0.484 e. The summed E-state index contributed by atoms with van der Waals surface area (Å²) in [5.74, 6) is 0. The maximum atomic E-state index is 8.50. The minimum absolute atomic E-state index is 0. The van der Waals surface area contributed by atoms with Gasteiger partial charge in [0.2, 0.25) is 0 Å². The van der Waals surface area contributed by atoms with E-state index in [1.54, 1.807) is 12.2 Å². The predicted molar refractivity (Wildman–Crippen MR) is 64.1 cm³/mol. The molecule has 2 aliphatic rings. The molecule has 4 N–H and O–H groups in total. The van der Waals surface area contributed by atoms with Gasteiger partial charge in [-0.25, -0.2) is 0 Å². The fraction of sp³-hybridized carbons (Fsp3) is 0.200. The van der Waals surface area contributed by atoms with Crippen LogP contribution in [0.4, 0.5) is 0 Å². The van der Waals surface area contributed by atoms with Gasteiger partial charge in [0.1, 0.15) is 0 Å². The Bertz CT molecular complexity index is 314. The quantitative estimate of drug-likeness (QED) is 0.525. The third-order valence-electron chi connectivity index (χ3n) is 2.26. The smallest absolute Gasteiger partial charge is 0.423 e. The zero-order valence-corrected chi connectivity index (χ0v) is 10.3. The SMILES string of the molecule is OB(O)C1=CC=CC1.OB(O)C1=CC=CC1.[Fe]. The summed E-state index contributed by atoms with van der Waals surface area (Å²) in [6, 6.07) is 0. The first-order chi connectivity index (χ1) is 7.61. The molecule has 0 spiro atoms. The molecule has 2 rings (SSSR count). The van der Waals surface area contributed by atoms with Crippen molar-refractivity contribution in [1.29, 1.82) is 0 Å². The summed E-state index contributed by atoms with van der Waals surface area (Å²) in [6.07, 6.45) is 12.2. The molecule has 0 aromatic heterocycles. The molecule has 2 aliphatic carbocycles. The monoisotopic (exact) mass is 276 g/mol. The van der Waals surface area contributed by atoms with Crippen LogP contribution < -0.4 is 0 Å². The van der Waals surface area contributed by atoms with Crippen LogP contribution >= 0.6 is 0 Å². The molecule has 0 unspecified atom stereocenters. The van der Waals surface area contributed by atoms with Crippen molar-refractivity contribution >= 4 is 14.2 Å². The van der Waals surface area contributed by atoms with Crippen molar-refractivity contribution in [2.24, 2.45) is 0 Å². The van der Waals surface area contributed by atoms with Gasteiger partial charge in [-0.1, -0.05) is 36.5 Å². The van der Waals surface area contributed by atoms with Crippen molar-refractivity contribution in [2.45, 2.75) is 12.8 Å². The second kappa shape index (κ2) is 8.53. The molecular weight excluding hydrogens is 262 g/mol. The van der Waals surface area contributed by atoms with Crippen LogP contribution in [0.25, 0.3) is 0 Å². The van der Waals surface area contributed by atoms with Crippen molar-refractivity contribution in [3.63, 3.8) is 0 Å². The second-order valence-electron chi connectivity index (χ2n) is 3.50. The summed E-state index contributed by atoms with van der Waals surface area (Å²) in [5, 5.41) is 34.0. The van der Waals surface area contributed by atoms with E-state index in [0.29, 0.717) is 23.8 Å². The van der Waals surface area contributed by atoms with Crippen LogP contribution in [0.3, 0.4) is 0 Å². The molecule has 0 fully saturated rings. The number of hydrogen-bond acceptors (Lipinski definition) is 4. The minimum Gasteiger partial charge on any atom is -0.423 e. The molecule has 0 radical (unpaired) electrons. The molecule has 0 amide bonds. The third-order valence-corrected chi connectivity index (χ3v) is 2.26. The molecule has 0 saturated heterocycles. The summed E-state index contributed by atoms with van der Waals surface area (Å²) >= 11 is 0. The van der Waals surface area contributed by atoms with Crippen molar-refractivity contribution in [3.05, 3.63) is 47.4 Å². The Labute approximate surface area is 112 Å². The number of allylic oxidation sites excluding steroid dienone is 8. The standard InChI is InChI=1S/2C5H7BO2.Fe/c2*7-6(8)5-3-1-2-4-5;/h2*1-3,7-8H,4H2;. The molecule has 0 bridgehead atoms. The first kappa shape index (κ1) is 16.4. The van der Waals surface area contributed by atoms with Crippen molar-refractivity contribution in [1.82, 2.24) is 0 Å². The average molecular weight is 276 g/mol. The summed E-state index contributed by atoms with van der Waals surface area (Å²) in [4.78, 5) is 0. The van der Waals surface area contributed by atoms with E-state index in [9.17, 15) is 0 Å². The van der Waals surface area contributed by atoms with Crippen molar-refractivity contribution in [2.75, 3.05) is 0 Å². The van der Waals surface area contributed by atoms with Crippen LogP contribution in [0.1, 0.15) is 12.8 Å². The van der Waals surface area contributed by atoms with E-state index in [2.05, 4.69) is 0 Å². The Kier molecular flexibility index (Phi) is 8.25. The Hall–Kier alpha value is -0.551. The molecule has 4 nitrogen and oxygen atoms in total. The van der Waals surface area contributed by atoms with Crippen LogP contribution in [-0.4, -0.2) is 34.3 Å². The van der Waals surface area contributed by atoms with Gasteiger partial charge in [-0.15, -0.1) is 0 Å². The van der Waals surface area contributed by atoms with Gasteiger partial charge in [0.15, 0.2) is 0 Å². The zero-order chi connectivity index (χ0) is 12.0. The molecule has 0 aromatic carbocycles. The fourth-order valence-corrected chi connectivity index (χ4v) is 1.31. The summed E-state index contributed by atoms with van der Waals surface area (Å²) < 4.78 is 0. The molecule has 0 aliphatic heterocycles. The Balaban J connectivity index is 0.000000284. The van der Waals surface area contributed by atoms with Gasteiger partial charge < -0.3 is 20.1 Å². The predicted octanol–water partition coefficient (Wildman–Crippen LogP) is -0.233. The molecule has 7 heteroatoms. The van der Waals surface area contributed by atoms with Crippen molar-refractivity contribution in [3.8, 4) is 0 Å². The van der Waals surface area contributed by atoms with Gasteiger partial charge in [-0.3, -0.25) is 0 Å². The van der Waals surface area contributed by atoms with Gasteiger partial charge in [-0.2, -0.15) is 0 Å². The van der Waals surface area contributed by atoms with E-state index < -0.39 is 14.2 Å². The summed E-state index contributed by atoms with van der Waals surface area (Å²) in [6.45, 7) is 0. The van der Waals surface area contributed by atoms with Gasteiger partial charge in [0.05, 0.1) is 0 Å². The largest absolute Gasteiger partial charge is 0.484 e. The van der Waals surface area contributed by atoms with Crippen LogP contribution in [0.5, 0.6) is 0 Å². The summed E-state index contributed by atoms with van der Waals surface area (Å²) in [5.41, 5.74) is 1.34. The van der Waals surface area contributed by atoms with Crippen LogP contribution in [0, 0.1) is 0 Å². The van der Waals surface area contributed by atoms with Gasteiger partial charge >= 0.3 is 14.2 Å². The van der Waals surface area contributed by atoms with Gasteiger partial charge in [-0.05, 0) is 23.8 Å². The fourth-order valence-electron chi connectivity index (χ4n) is 1.31. The van der Waals surface area contributed by atoms with E-state index in [1.807, 2.05) is 24.3 Å². The van der Waals surface area contributed by atoms with Crippen LogP contribution in [0.2, 0.25) is 0 Å². The normalized spacial score (nSPS) is 15.5. The molecule has 92 valence electrons. The van der Waals surface area contributed by atoms with E-state index in [0.717, 1.165) is 0 Å². The van der Waals surface area contributed by atoms with E-state index >= 15 is 0 Å². The van der Waals surface area contributed by atoms with Gasteiger partial charge in [0.25, 0.3) is 0 Å². The first-order valence-electron chi connectivity index (χ1n) is 5.04.